The molecule has 1 fully saturated rings. The lowest BCUT2D eigenvalue weighted by Gasteiger charge is -2.48. The summed E-state index contributed by atoms with van der Waals surface area (Å²) in [7, 11) is 1.80. The van der Waals surface area contributed by atoms with Gasteiger partial charge >= 0.3 is 0 Å². The Balaban J connectivity index is 2.41. The van der Waals surface area contributed by atoms with Crippen LogP contribution < -0.4 is 0 Å². The number of rotatable bonds is 5. The molecular weight excluding hydrogens is 184 g/mol. The van der Waals surface area contributed by atoms with Gasteiger partial charge in [-0.25, -0.2) is 0 Å². The highest BCUT2D eigenvalue weighted by Gasteiger charge is 2.41. The van der Waals surface area contributed by atoms with Crippen molar-refractivity contribution >= 4 is 0 Å². The van der Waals surface area contributed by atoms with E-state index in [9.17, 15) is 0 Å². The Labute approximate surface area is 95.6 Å². The van der Waals surface area contributed by atoms with Gasteiger partial charge in [0.2, 0.25) is 0 Å². The summed E-state index contributed by atoms with van der Waals surface area (Å²) in [6, 6.07) is 0. The summed E-state index contributed by atoms with van der Waals surface area (Å²) >= 11 is 0. The van der Waals surface area contributed by atoms with Crippen LogP contribution in [-0.4, -0.2) is 13.7 Å². The van der Waals surface area contributed by atoms with Crippen LogP contribution in [0.2, 0.25) is 0 Å². The van der Waals surface area contributed by atoms with Crippen LogP contribution in [0.3, 0.4) is 0 Å². The SMILES string of the molecule is COCCCC[C@]1(C)CCCCC1(C)C. The minimum absolute atomic E-state index is 0.540. The fraction of sp³-hybridized carbons (Fsp3) is 1.00. The molecule has 15 heavy (non-hydrogen) atoms. The Morgan fingerprint density at radius 2 is 1.67 bits per heavy atom. The third-order valence-electron chi connectivity index (χ3n) is 4.74. The van der Waals surface area contributed by atoms with Gasteiger partial charge in [-0.15, -0.1) is 0 Å². The molecule has 0 amide bonds. The Morgan fingerprint density at radius 1 is 1.00 bits per heavy atom. The molecule has 0 spiro atoms. The molecule has 1 aliphatic carbocycles. The molecule has 90 valence electrons. The van der Waals surface area contributed by atoms with Gasteiger partial charge in [0.25, 0.3) is 0 Å². The van der Waals surface area contributed by atoms with E-state index in [1.54, 1.807) is 7.11 Å². The fourth-order valence-corrected chi connectivity index (χ4v) is 2.95. The second-order valence-corrected chi connectivity index (χ2v) is 6.10. The fourth-order valence-electron chi connectivity index (χ4n) is 2.95. The maximum Gasteiger partial charge on any atom is 0.0462 e. The van der Waals surface area contributed by atoms with Crippen molar-refractivity contribution in [2.45, 2.75) is 65.7 Å². The van der Waals surface area contributed by atoms with E-state index in [1.807, 2.05) is 0 Å². The van der Waals surface area contributed by atoms with E-state index >= 15 is 0 Å². The van der Waals surface area contributed by atoms with Crippen molar-refractivity contribution in [2.75, 3.05) is 13.7 Å². The third kappa shape index (κ3) is 3.21. The summed E-state index contributed by atoms with van der Waals surface area (Å²) in [5.74, 6) is 0. The molecule has 1 saturated carbocycles. The molecule has 0 heterocycles. The Hall–Kier alpha value is -0.0400. The zero-order chi connectivity index (χ0) is 11.4. The van der Waals surface area contributed by atoms with Crippen LogP contribution in [0, 0.1) is 10.8 Å². The van der Waals surface area contributed by atoms with Crippen molar-refractivity contribution < 1.29 is 4.74 Å². The molecule has 1 rings (SSSR count). The lowest BCUT2D eigenvalue weighted by molar-refractivity contribution is 0.0209. The van der Waals surface area contributed by atoms with E-state index in [1.165, 1.54) is 44.9 Å². The molecule has 1 atom stereocenters. The molecule has 0 aromatic rings. The highest BCUT2D eigenvalue weighted by molar-refractivity contribution is 4.92. The van der Waals surface area contributed by atoms with Gasteiger partial charge in [0.15, 0.2) is 0 Å². The summed E-state index contributed by atoms with van der Waals surface area (Å²) in [5, 5.41) is 0. The first-order valence-electron chi connectivity index (χ1n) is 6.51. The van der Waals surface area contributed by atoms with Gasteiger partial charge in [-0.05, 0) is 36.5 Å². The molecule has 1 nitrogen and oxygen atoms in total. The van der Waals surface area contributed by atoms with Gasteiger partial charge in [-0.3, -0.25) is 0 Å². The van der Waals surface area contributed by atoms with Crippen LogP contribution in [0.15, 0.2) is 0 Å². The minimum atomic E-state index is 0.540. The first-order valence-corrected chi connectivity index (χ1v) is 6.51. The van der Waals surface area contributed by atoms with Crippen LogP contribution in [0.25, 0.3) is 0 Å². The van der Waals surface area contributed by atoms with Crippen LogP contribution in [0.5, 0.6) is 0 Å². The molecule has 0 aliphatic heterocycles. The van der Waals surface area contributed by atoms with Crippen LogP contribution in [-0.2, 0) is 4.74 Å². The second kappa shape index (κ2) is 5.34. The van der Waals surface area contributed by atoms with Crippen LogP contribution in [0.1, 0.15) is 65.7 Å². The van der Waals surface area contributed by atoms with Crippen molar-refractivity contribution in [1.82, 2.24) is 0 Å². The lowest BCUT2D eigenvalue weighted by atomic mass is 9.57. The zero-order valence-electron chi connectivity index (χ0n) is 11.1. The topological polar surface area (TPSA) is 9.23 Å². The predicted octanol–water partition coefficient (Wildman–Crippen LogP) is 4.41. The summed E-state index contributed by atoms with van der Waals surface area (Å²) in [4.78, 5) is 0. The summed E-state index contributed by atoms with van der Waals surface area (Å²) in [6.45, 7) is 8.35. The van der Waals surface area contributed by atoms with Gasteiger partial charge in [0.1, 0.15) is 0 Å². The van der Waals surface area contributed by atoms with Crippen LogP contribution >= 0.6 is 0 Å². The molecule has 0 radical (unpaired) electrons. The van der Waals surface area contributed by atoms with Gasteiger partial charge in [0.05, 0.1) is 0 Å². The number of hydrogen-bond donors (Lipinski definition) is 0. The van der Waals surface area contributed by atoms with Gasteiger partial charge in [-0.2, -0.15) is 0 Å². The van der Waals surface area contributed by atoms with Crippen molar-refractivity contribution in [2.24, 2.45) is 10.8 Å². The van der Waals surface area contributed by atoms with Gasteiger partial charge < -0.3 is 4.74 Å². The van der Waals surface area contributed by atoms with E-state index in [0.29, 0.717) is 10.8 Å². The number of ether oxygens (including phenoxy) is 1. The Bertz CT molecular complexity index is 186. The maximum absolute atomic E-state index is 5.12. The highest BCUT2D eigenvalue weighted by atomic mass is 16.5. The van der Waals surface area contributed by atoms with E-state index in [2.05, 4.69) is 20.8 Å². The summed E-state index contributed by atoms with van der Waals surface area (Å²) in [6.07, 6.45) is 9.63. The highest BCUT2D eigenvalue weighted by Crippen LogP contribution is 2.52. The largest absolute Gasteiger partial charge is 0.385 e. The van der Waals surface area contributed by atoms with E-state index in [-0.39, 0.29) is 0 Å². The van der Waals surface area contributed by atoms with Crippen molar-refractivity contribution in [1.29, 1.82) is 0 Å². The number of hydrogen-bond acceptors (Lipinski definition) is 1. The smallest absolute Gasteiger partial charge is 0.0462 e. The first kappa shape index (κ1) is 13.0. The monoisotopic (exact) mass is 212 g/mol. The molecule has 0 bridgehead atoms. The summed E-state index contributed by atoms with van der Waals surface area (Å²) < 4.78 is 5.12. The van der Waals surface area contributed by atoms with Crippen molar-refractivity contribution in [3.05, 3.63) is 0 Å². The average Bonchev–Trinajstić information content (AvgIpc) is 2.18. The minimum Gasteiger partial charge on any atom is -0.385 e. The number of unbranched alkanes of at least 4 members (excludes halogenated alkanes) is 1. The average molecular weight is 212 g/mol. The van der Waals surface area contributed by atoms with E-state index in [4.69, 9.17) is 4.74 Å². The molecule has 1 aliphatic rings. The summed E-state index contributed by atoms with van der Waals surface area (Å²) in [5.41, 5.74) is 1.11. The number of methoxy groups -OCH3 is 1. The Kier molecular flexibility index (Phi) is 4.64. The quantitative estimate of drug-likeness (QED) is 0.613. The second-order valence-electron chi connectivity index (χ2n) is 6.10. The first-order chi connectivity index (χ1) is 7.02. The predicted molar refractivity (Wildman–Crippen MR) is 66.1 cm³/mol. The van der Waals surface area contributed by atoms with Crippen molar-refractivity contribution in [3.63, 3.8) is 0 Å². The van der Waals surface area contributed by atoms with Crippen LogP contribution in [0.4, 0.5) is 0 Å². The molecule has 0 aromatic heterocycles. The van der Waals surface area contributed by atoms with E-state index < -0.39 is 0 Å². The molecule has 1 heteroatoms. The maximum atomic E-state index is 5.12. The Morgan fingerprint density at radius 3 is 2.27 bits per heavy atom. The molecule has 0 aromatic carbocycles. The lowest BCUT2D eigenvalue weighted by Crippen LogP contribution is -2.38. The molecule has 0 saturated heterocycles. The standard InChI is InChI=1S/C14H28O/c1-13(2)9-5-6-10-14(13,3)11-7-8-12-15-4/h5-12H2,1-4H3/t14-/m0/s1. The van der Waals surface area contributed by atoms with Gasteiger partial charge in [0, 0.05) is 13.7 Å². The van der Waals surface area contributed by atoms with Gasteiger partial charge in [-0.1, -0.05) is 40.0 Å². The zero-order valence-corrected chi connectivity index (χ0v) is 11.1. The normalized spacial score (nSPS) is 30.4. The molecule has 0 unspecified atom stereocenters. The molecule has 0 N–H and O–H groups in total. The third-order valence-corrected chi connectivity index (χ3v) is 4.74. The molecular formula is C14H28O. The van der Waals surface area contributed by atoms with E-state index in [0.717, 1.165) is 6.61 Å². The van der Waals surface area contributed by atoms with Crippen molar-refractivity contribution in [3.8, 4) is 0 Å².